The van der Waals surface area contributed by atoms with Gasteiger partial charge >= 0.3 is 0 Å². The molecule has 18 heavy (non-hydrogen) atoms. The summed E-state index contributed by atoms with van der Waals surface area (Å²) >= 11 is 3.50. The minimum absolute atomic E-state index is 0.532. The Bertz CT molecular complexity index is 377. The lowest BCUT2D eigenvalue weighted by Gasteiger charge is -2.44. The van der Waals surface area contributed by atoms with Gasteiger partial charge in [-0.3, -0.25) is 0 Å². The van der Waals surface area contributed by atoms with Gasteiger partial charge < -0.3 is 15.1 Å². The number of hydrogen-bond acceptors (Lipinski definition) is 3. The van der Waals surface area contributed by atoms with Crippen LogP contribution >= 0.6 is 15.9 Å². The van der Waals surface area contributed by atoms with E-state index in [1.165, 1.54) is 5.69 Å². The third kappa shape index (κ3) is 3.25. The normalized spacial score (nSPS) is 24.6. The number of likely N-dealkylation sites (N-methyl/N-ethyl adjacent to an activating group) is 1. The van der Waals surface area contributed by atoms with Gasteiger partial charge in [0.25, 0.3) is 0 Å². The summed E-state index contributed by atoms with van der Waals surface area (Å²) in [6.07, 6.45) is 0. The lowest BCUT2D eigenvalue weighted by Crippen LogP contribution is -2.59. The first kappa shape index (κ1) is 13.8. The second-order valence-electron chi connectivity index (χ2n) is 5.31. The zero-order valence-corrected chi connectivity index (χ0v) is 12.9. The molecule has 1 aromatic carbocycles. The highest BCUT2D eigenvalue weighted by molar-refractivity contribution is 9.10. The first-order valence-electron chi connectivity index (χ1n) is 6.47. The second kappa shape index (κ2) is 6.04. The fourth-order valence-electron chi connectivity index (χ4n) is 2.67. The van der Waals surface area contributed by atoms with Crippen LogP contribution in [0.4, 0.5) is 5.69 Å². The third-order valence-electron chi connectivity index (χ3n) is 3.39. The van der Waals surface area contributed by atoms with Gasteiger partial charge in [-0.25, -0.2) is 0 Å². The van der Waals surface area contributed by atoms with Crippen LogP contribution in [0, 0.1) is 0 Å². The summed E-state index contributed by atoms with van der Waals surface area (Å²) < 4.78 is 1.14. The summed E-state index contributed by atoms with van der Waals surface area (Å²) in [5, 5.41) is 3.52. The van der Waals surface area contributed by atoms with Gasteiger partial charge in [0.2, 0.25) is 0 Å². The lowest BCUT2D eigenvalue weighted by molar-refractivity contribution is 0.316. The molecule has 1 aromatic rings. The first-order chi connectivity index (χ1) is 8.58. The molecule has 1 saturated heterocycles. The summed E-state index contributed by atoms with van der Waals surface area (Å²) in [5.41, 5.74) is 1.32. The van der Waals surface area contributed by atoms with Crippen molar-refractivity contribution in [2.75, 3.05) is 38.6 Å². The predicted molar refractivity (Wildman–Crippen MR) is 81.3 cm³/mol. The molecule has 2 unspecified atom stereocenters. The molecule has 3 nitrogen and oxygen atoms in total. The summed E-state index contributed by atoms with van der Waals surface area (Å²) in [6.45, 7) is 5.48. The molecule has 0 spiro atoms. The minimum Gasteiger partial charge on any atom is -0.362 e. The van der Waals surface area contributed by atoms with Crippen LogP contribution in [0.5, 0.6) is 0 Å². The topological polar surface area (TPSA) is 18.5 Å². The van der Waals surface area contributed by atoms with Crippen LogP contribution in [0.25, 0.3) is 0 Å². The Labute approximate surface area is 118 Å². The van der Waals surface area contributed by atoms with E-state index >= 15 is 0 Å². The van der Waals surface area contributed by atoms with Crippen molar-refractivity contribution in [3.8, 4) is 0 Å². The molecule has 0 saturated carbocycles. The molecule has 1 aliphatic rings. The molecule has 4 heteroatoms. The van der Waals surface area contributed by atoms with Crippen LogP contribution in [-0.2, 0) is 0 Å². The maximum Gasteiger partial charge on any atom is 0.0544 e. The predicted octanol–water partition coefficient (Wildman–Crippen LogP) is 2.18. The average molecular weight is 312 g/mol. The van der Waals surface area contributed by atoms with E-state index in [9.17, 15) is 0 Å². The van der Waals surface area contributed by atoms with Crippen molar-refractivity contribution in [2.24, 2.45) is 0 Å². The number of benzene rings is 1. The van der Waals surface area contributed by atoms with Gasteiger partial charge in [0.1, 0.15) is 0 Å². The monoisotopic (exact) mass is 311 g/mol. The quantitative estimate of drug-likeness (QED) is 0.923. The lowest BCUT2D eigenvalue weighted by atomic mass is 10.1. The molecular weight excluding hydrogens is 290 g/mol. The van der Waals surface area contributed by atoms with Crippen molar-refractivity contribution >= 4 is 21.6 Å². The van der Waals surface area contributed by atoms with Crippen LogP contribution in [0.15, 0.2) is 28.7 Å². The van der Waals surface area contributed by atoms with E-state index < -0.39 is 0 Å². The Morgan fingerprint density at radius 3 is 2.56 bits per heavy atom. The highest BCUT2D eigenvalue weighted by Gasteiger charge is 2.27. The number of halogens is 1. The molecule has 2 atom stereocenters. The second-order valence-corrected chi connectivity index (χ2v) is 6.22. The van der Waals surface area contributed by atoms with Crippen LogP contribution < -0.4 is 10.2 Å². The van der Waals surface area contributed by atoms with Gasteiger partial charge in [-0.2, -0.15) is 0 Å². The van der Waals surface area contributed by atoms with E-state index in [2.05, 4.69) is 76.3 Å². The fourth-order valence-corrected chi connectivity index (χ4v) is 2.93. The zero-order chi connectivity index (χ0) is 13.1. The van der Waals surface area contributed by atoms with Crippen LogP contribution in [-0.4, -0.2) is 50.7 Å². The van der Waals surface area contributed by atoms with Gasteiger partial charge in [-0.15, -0.1) is 0 Å². The van der Waals surface area contributed by atoms with E-state index in [0.717, 1.165) is 24.1 Å². The van der Waals surface area contributed by atoms with Crippen LogP contribution in [0.2, 0.25) is 0 Å². The van der Waals surface area contributed by atoms with Crippen LogP contribution in [0.1, 0.15) is 6.92 Å². The number of nitrogens with one attached hydrogen (secondary N) is 1. The number of anilines is 1. The Morgan fingerprint density at radius 2 is 1.94 bits per heavy atom. The van der Waals surface area contributed by atoms with Crippen molar-refractivity contribution in [1.82, 2.24) is 10.2 Å². The summed E-state index contributed by atoms with van der Waals surface area (Å²) in [6, 6.07) is 9.71. The largest absolute Gasteiger partial charge is 0.362 e. The van der Waals surface area contributed by atoms with Crippen molar-refractivity contribution < 1.29 is 0 Å². The van der Waals surface area contributed by atoms with Crippen LogP contribution in [0.3, 0.4) is 0 Å². The molecule has 0 aromatic heterocycles. The highest BCUT2D eigenvalue weighted by atomic mass is 79.9. The first-order valence-corrected chi connectivity index (χ1v) is 7.26. The smallest absolute Gasteiger partial charge is 0.0544 e. The molecule has 1 aliphatic heterocycles. The molecular formula is C14H22BrN3. The fraction of sp³-hybridized carbons (Fsp3) is 0.571. The van der Waals surface area contributed by atoms with E-state index in [1.54, 1.807) is 0 Å². The van der Waals surface area contributed by atoms with Gasteiger partial charge in [-0.1, -0.05) is 15.9 Å². The SMILES string of the molecule is CC1CNCC(CN(C)C)N1c1ccc(Br)cc1. The van der Waals surface area contributed by atoms with Crippen molar-refractivity contribution in [3.05, 3.63) is 28.7 Å². The van der Waals surface area contributed by atoms with Gasteiger partial charge in [0.15, 0.2) is 0 Å². The number of piperazine rings is 1. The maximum atomic E-state index is 3.52. The summed E-state index contributed by atoms with van der Waals surface area (Å²) in [4.78, 5) is 4.80. The van der Waals surface area contributed by atoms with E-state index in [-0.39, 0.29) is 0 Å². The number of rotatable bonds is 3. The summed E-state index contributed by atoms with van der Waals surface area (Å²) in [7, 11) is 4.28. The Kier molecular flexibility index (Phi) is 4.65. The van der Waals surface area contributed by atoms with E-state index in [1.807, 2.05) is 0 Å². The Balaban J connectivity index is 2.21. The molecule has 100 valence electrons. The van der Waals surface area contributed by atoms with Crippen molar-refractivity contribution in [3.63, 3.8) is 0 Å². The molecule has 1 fully saturated rings. The summed E-state index contributed by atoms with van der Waals surface area (Å²) in [5.74, 6) is 0. The zero-order valence-electron chi connectivity index (χ0n) is 11.4. The molecule has 1 N–H and O–H groups in total. The maximum absolute atomic E-state index is 3.52. The molecule has 0 radical (unpaired) electrons. The van der Waals surface area contributed by atoms with E-state index in [0.29, 0.717) is 12.1 Å². The number of hydrogen-bond donors (Lipinski definition) is 1. The average Bonchev–Trinajstić information content (AvgIpc) is 2.30. The molecule has 0 aliphatic carbocycles. The highest BCUT2D eigenvalue weighted by Crippen LogP contribution is 2.24. The number of nitrogens with zero attached hydrogens (tertiary/aromatic N) is 2. The molecule has 0 amide bonds. The Morgan fingerprint density at radius 1 is 1.28 bits per heavy atom. The molecule has 1 heterocycles. The van der Waals surface area contributed by atoms with Gasteiger partial charge in [-0.05, 0) is 45.3 Å². The molecule has 0 bridgehead atoms. The third-order valence-corrected chi connectivity index (χ3v) is 3.92. The van der Waals surface area contributed by atoms with Gasteiger partial charge in [0, 0.05) is 35.8 Å². The van der Waals surface area contributed by atoms with Gasteiger partial charge in [0.05, 0.1) is 6.04 Å². The minimum atomic E-state index is 0.532. The van der Waals surface area contributed by atoms with Crippen molar-refractivity contribution in [1.29, 1.82) is 0 Å². The Hall–Kier alpha value is -0.580. The molecule has 2 rings (SSSR count). The van der Waals surface area contributed by atoms with E-state index in [4.69, 9.17) is 0 Å². The van der Waals surface area contributed by atoms with Crippen molar-refractivity contribution in [2.45, 2.75) is 19.0 Å². The standard InChI is InChI=1S/C14H22BrN3/c1-11-8-16-9-14(10-17(2)3)18(11)13-6-4-12(15)5-7-13/h4-7,11,14,16H,8-10H2,1-3H3.